The number of rotatable bonds is 11. The molecule has 0 atom stereocenters. The van der Waals surface area contributed by atoms with Crippen LogP contribution in [0.15, 0.2) is 17.2 Å². The number of nitrogens with one attached hydrogen (secondary N) is 2. The third-order valence-corrected chi connectivity index (χ3v) is 4.58. The van der Waals surface area contributed by atoms with E-state index in [0.29, 0.717) is 30.8 Å². The molecule has 7 nitrogen and oxygen atoms in total. The summed E-state index contributed by atoms with van der Waals surface area (Å²) in [6, 6.07) is 0. The Kier molecular flexibility index (Phi) is 10.4. The molecule has 0 aliphatic carbocycles. The topological polar surface area (TPSA) is 83.7 Å². The largest absolute Gasteiger partial charge is 0.462 e. The highest BCUT2D eigenvalue weighted by Gasteiger charge is 2.22. The van der Waals surface area contributed by atoms with E-state index in [1.54, 1.807) is 27.2 Å². The predicted molar refractivity (Wildman–Crippen MR) is 116 cm³/mol. The molecule has 1 rings (SSSR count). The lowest BCUT2D eigenvalue weighted by Crippen LogP contribution is -2.21. The summed E-state index contributed by atoms with van der Waals surface area (Å²) in [5.74, 6) is -0.534. The molecule has 0 aliphatic rings. The smallest absolute Gasteiger partial charge is 0.340 e. The van der Waals surface area contributed by atoms with Gasteiger partial charge in [0.05, 0.1) is 18.8 Å². The summed E-state index contributed by atoms with van der Waals surface area (Å²) >= 11 is 0. The molecule has 1 amide bonds. The predicted octanol–water partition coefficient (Wildman–Crippen LogP) is 2.72. The molecule has 0 spiro atoms. The number of hydrogen-bond donors (Lipinski definition) is 2. The Morgan fingerprint density at radius 3 is 2.52 bits per heavy atom. The number of ether oxygens (including phenoxy) is 2. The fourth-order valence-corrected chi connectivity index (χ4v) is 3.09. The number of hydrogen-bond acceptors (Lipinski definition) is 5. The normalized spacial score (nSPS) is 12.4. The molecule has 2 N–H and O–H groups in total. The number of aromatic amines is 1. The molecule has 29 heavy (non-hydrogen) atoms. The van der Waals surface area contributed by atoms with Crippen molar-refractivity contribution in [1.29, 1.82) is 0 Å². The van der Waals surface area contributed by atoms with Gasteiger partial charge in [-0.1, -0.05) is 6.08 Å². The molecule has 1 aromatic rings. The third kappa shape index (κ3) is 7.18. The van der Waals surface area contributed by atoms with Crippen molar-refractivity contribution < 1.29 is 19.1 Å². The molecule has 0 fully saturated rings. The zero-order chi connectivity index (χ0) is 22.0. The van der Waals surface area contributed by atoms with Crippen molar-refractivity contribution in [3.8, 4) is 0 Å². The first-order chi connectivity index (χ1) is 13.8. The maximum atomic E-state index is 12.6. The number of carbonyl (C=O) groups excluding carboxylic acids is 2. The third-order valence-electron chi connectivity index (χ3n) is 4.58. The van der Waals surface area contributed by atoms with E-state index in [2.05, 4.69) is 15.2 Å². The van der Waals surface area contributed by atoms with Gasteiger partial charge >= 0.3 is 5.97 Å². The monoisotopic (exact) mass is 405 g/mol. The molecule has 162 valence electrons. The fraction of sp³-hybridized carbons (Fsp3) is 0.545. The molecule has 0 unspecified atom stereocenters. The van der Waals surface area contributed by atoms with Crippen molar-refractivity contribution in [2.24, 2.45) is 0 Å². The van der Waals surface area contributed by atoms with Gasteiger partial charge < -0.3 is 24.7 Å². The van der Waals surface area contributed by atoms with Crippen LogP contribution in [0.3, 0.4) is 0 Å². The summed E-state index contributed by atoms with van der Waals surface area (Å²) in [5, 5.41) is 2.68. The summed E-state index contributed by atoms with van der Waals surface area (Å²) in [5.41, 5.74) is 4.26. The average Bonchev–Trinajstić information content (AvgIpc) is 2.98. The van der Waals surface area contributed by atoms with E-state index in [4.69, 9.17) is 9.47 Å². The number of methoxy groups -OCH3 is 1. The molecule has 7 heteroatoms. The first kappa shape index (κ1) is 24.7. The van der Waals surface area contributed by atoms with Crippen LogP contribution in [0, 0.1) is 6.92 Å². The van der Waals surface area contributed by atoms with Crippen LogP contribution in [-0.2, 0) is 20.7 Å². The van der Waals surface area contributed by atoms with Crippen LogP contribution < -0.4 is 5.32 Å². The van der Waals surface area contributed by atoms with Gasteiger partial charge in [-0.05, 0) is 71.5 Å². The summed E-state index contributed by atoms with van der Waals surface area (Å²) in [7, 11) is 7.24. The summed E-state index contributed by atoms with van der Waals surface area (Å²) in [6.07, 6.45) is 5.24. The van der Waals surface area contributed by atoms with E-state index in [-0.39, 0.29) is 11.9 Å². The van der Waals surface area contributed by atoms with Crippen LogP contribution in [-0.4, -0.2) is 69.8 Å². The maximum absolute atomic E-state index is 12.6. The van der Waals surface area contributed by atoms with Gasteiger partial charge in [0.25, 0.3) is 5.91 Å². The van der Waals surface area contributed by atoms with Crippen LogP contribution in [0.4, 0.5) is 0 Å². The molecule has 0 radical (unpaired) electrons. The highest BCUT2D eigenvalue weighted by Crippen LogP contribution is 2.25. The first-order valence-electron chi connectivity index (χ1n) is 9.89. The number of amides is 1. The number of H-pyrrole nitrogens is 1. The van der Waals surface area contributed by atoms with E-state index in [1.807, 2.05) is 34.0 Å². The van der Waals surface area contributed by atoms with Crippen LogP contribution in [0.5, 0.6) is 0 Å². The molecular weight excluding hydrogens is 370 g/mol. The van der Waals surface area contributed by atoms with Crippen molar-refractivity contribution in [2.75, 3.05) is 48.0 Å². The number of aryl methyl sites for hydroxylation is 1. The molecule has 0 aromatic carbocycles. The fourth-order valence-electron chi connectivity index (χ4n) is 3.09. The zero-order valence-electron chi connectivity index (χ0n) is 18.8. The summed E-state index contributed by atoms with van der Waals surface area (Å²) < 4.78 is 10.4. The minimum Gasteiger partial charge on any atom is -0.462 e. The lowest BCUT2D eigenvalue weighted by molar-refractivity contribution is -0.116. The molecule has 1 heterocycles. The van der Waals surface area contributed by atoms with Gasteiger partial charge in [0.15, 0.2) is 0 Å². The highest BCUT2D eigenvalue weighted by atomic mass is 16.5. The standard InChI is InChI=1S/C22H35N3O4/c1-8-29-22(27)20-16(3)24-19(17(20)10-9-12-25(5)6)14-18(21(26)23-4)15(2)11-13-28-7/h11,14,24H,8-10,12-13H2,1-7H3,(H,23,26)/b15-11+,18-14-. The van der Waals surface area contributed by atoms with Crippen LogP contribution in [0.2, 0.25) is 0 Å². The van der Waals surface area contributed by atoms with Crippen molar-refractivity contribution in [3.63, 3.8) is 0 Å². The van der Waals surface area contributed by atoms with Crippen LogP contribution in [0.25, 0.3) is 6.08 Å². The number of nitrogens with zero attached hydrogens (tertiary/aromatic N) is 1. The Morgan fingerprint density at radius 1 is 1.28 bits per heavy atom. The average molecular weight is 406 g/mol. The SMILES string of the molecule is CCOC(=O)c1c(C)[nH]c(/C=C(C(=O)NC)/C(C)=C/COC)c1CCCN(C)C. The van der Waals surface area contributed by atoms with Gasteiger partial charge in [0.2, 0.25) is 0 Å². The molecule has 0 aliphatic heterocycles. The minimum atomic E-state index is -0.339. The van der Waals surface area contributed by atoms with Gasteiger partial charge in [-0.2, -0.15) is 0 Å². The Morgan fingerprint density at radius 2 is 1.97 bits per heavy atom. The Bertz CT molecular complexity index is 760. The second-order valence-electron chi connectivity index (χ2n) is 7.12. The quantitative estimate of drug-likeness (QED) is 0.336. The van der Waals surface area contributed by atoms with Crippen molar-refractivity contribution >= 4 is 18.0 Å². The minimum absolute atomic E-state index is 0.195. The Hall–Kier alpha value is -2.38. The van der Waals surface area contributed by atoms with Crippen molar-refractivity contribution in [1.82, 2.24) is 15.2 Å². The van der Waals surface area contributed by atoms with Gasteiger partial charge in [-0.25, -0.2) is 4.79 Å². The van der Waals surface area contributed by atoms with Crippen LogP contribution in [0.1, 0.15) is 47.6 Å². The van der Waals surface area contributed by atoms with E-state index in [1.165, 1.54) is 0 Å². The lowest BCUT2D eigenvalue weighted by Gasteiger charge is -2.11. The van der Waals surface area contributed by atoms with Gasteiger partial charge in [0.1, 0.15) is 0 Å². The second kappa shape index (κ2) is 12.2. The number of aromatic nitrogens is 1. The van der Waals surface area contributed by atoms with Gasteiger partial charge in [0, 0.05) is 31.1 Å². The molecule has 0 bridgehead atoms. The number of likely N-dealkylation sites (N-methyl/N-ethyl adjacent to an activating group) is 1. The Balaban J connectivity index is 3.48. The Labute approximate surface area is 174 Å². The van der Waals surface area contributed by atoms with Crippen molar-refractivity contribution in [3.05, 3.63) is 39.7 Å². The van der Waals surface area contributed by atoms with E-state index < -0.39 is 0 Å². The van der Waals surface area contributed by atoms with E-state index in [0.717, 1.165) is 35.5 Å². The number of carbonyl (C=O) groups is 2. The lowest BCUT2D eigenvalue weighted by atomic mass is 9.99. The van der Waals surface area contributed by atoms with Crippen molar-refractivity contribution in [2.45, 2.75) is 33.6 Å². The zero-order valence-corrected chi connectivity index (χ0v) is 18.8. The summed E-state index contributed by atoms with van der Waals surface area (Å²) in [6.45, 7) is 7.13. The maximum Gasteiger partial charge on any atom is 0.340 e. The van der Waals surface area contributed by atoms with E-state index in [9.17, 15) is 9.59 Å². The van der Waals surface area contributed by atoms with Crippen LogP contribution >= 0.6 is 0 Å². The highest BCUT2D eigenvalue weighted by molar-refractivity contribution is 6.02. The van der Waals surface area contributed by atoms with Gasteiger partial charge in [-0.15, -0.1) is 0 Å². The van der Waals surface area contributed by atoms with Gasteiger partial charge in [-0.3, -0.25) is 4.79 Å². The summed E-state index contributed by atoms with van der Waals surface area (Å²) in [4.78, 5) is 30.4. The molecule has 0 saturated heterocycles. The molecule has 1 aromatic heterocycles. The second-order valence-corrected chi connectivity index (χ2v) is 7.12. The molecule has 0 saturated carbocycles. The number of esters is 1. The first-order valence-corrected chi connectivity index (χ1v) is 9.89. The molecular formula is C22H35N3O4. The van der Waals surface area contributed by atoms with E-state index >= 15 is 0 Å².